The number of aromatic hydroxyl groups is 1. The van der Waals surface area contributed by atoms with E-state index in [0.717, 1.165) is 24.0 Å². The van der Waals surface area contributed by atoms with Crippen molar-refractivity contribution in [1.82, 2.24) is 0 Å². The number of para-hydroxylation sites is 1. The second-order valence-corrected chi connectivity index (χ2v) is 11.5. The Labute approximate surface area is 106 Å². The summed E-state index contributed by atoms with van der Waals surface area (Å²) in [5.74, 6) is 0.452. The van der Waals surface area contributed by atoms with E-state index < -0.39 is 8.07 Å². The molecule has 0 spiro atoms. The molecule has 17 heavy (non-hydrogen) atoms. The molecular formula is C15H24OSi. The molecule has 0 saturated carbocycles. The molecule has 0 saturated heterocycles. The van der Waals surface area contributed by atoms with Gasteiger partial charge in [-0.15, -0.1) is 6.58 Å². The molecule has 0 unspecified atom stereocenters. The molecule has 94 valence electrons. The van der Waals surface area contributed by atoms with Crippen LogP contribution in [-0.2, 0) is 6.42 Å². The Morgan fingerprint density at radius 1 is 1.29 bits per heavy atom. The van der Waals surface area contributed by atoms with Gasteiger partial charge in [0, 0.05) is 8.07 Å². The van der Waals surface area contributed by atoms with Crippen LogP contribution in [0, 0.1) is 6.92 Å². The number of aryl methyl sites for hydroxylation is 2. The molecule has 0 aliphatic heterocycles. The van der Waals surface area contributed by atoms with E-state index in [1.54, 1.807) is 0 Å². The fourth-order valence-electron chi connectivity index (χ4n) is 2.07. The summed E-state index contributed by atoms with van der Waals surface area (Å²) < 4.78 is 0. The summed E-state index contributed by atoms with van der Waals surface area (Å²) in [5.41, 5.74) is 3.32. The van der Waals surface area contributed by atoms with Gasteiger partial charge in [0.15, 0.2) is 0 Å². The minimum atomic E-state index is -1.05. The number of phenols is 1. The van der Waals surface area contributed by atoms with E-state index in [2.05, 4.69) is 26.2 Å². The van der Waals surface area contributed by atoms with Crippen LogP contribution in [0.4, 0.5) is 0 Å². The van der Waals surface area contributed by atoms with E-state index in [1.165, 1.54) is 11.6 Å². The number of hydrogen-bond acceptors (Lipinski definition) is 1. The molecular weight excluding hydrogens is 224 g/mol. The van der Waals surface area contributed by atoms with Gasteiger partial charge in [0.1, 0.15) is 5.75 Å². The first-order valence-electron chi connectivity index (χ1n) is 6.24. The molecule has 0 radical (unpaired) electrons. The number of allylic oxidation sites excluding steroid dienone is 1. The highest BCUT2D eigenvalue weighted by Crippen LogP contribution is 2.25. The van der Waals surface area contributed by atoms with Crippen molar-refractivity contribution in [2.75, 3.05) is 0 Å². The predicted octanol–water partition coefficient (Wildman–Crippen LogP) is 4.53. The van der Waals surface area contributed by atoms with E-state index in [-0.39, 0.29) is 0 Å². The molecule has 1 aromatic carbocycles. The van der Waals surface area contributed by atoms with Gasteiger partial charge >= 0.3 is 0 Å². The van der Waals surface area contributed by atoms with Crippen LogP contribution in [0.5, 0.6) is 5.75 Å². The zero-order chi connectivity index (χ0) is 13.1. The molecule has 1 aromatic rings. The summed E-state index contributed by atoms with van der Waals surface area (Å²) in [6, 6.07) is 7.13. The van der Waals surface area contributed by atoms with Crippen LogP contribution >= 0.6 is 0 Å². The normalized spacial score (nSPS) is 11.5. The maximum atomic E-state index is 9.92. The van der Waals surface area contributed by atoms with Crippen LogP contribution in [0.3, 0.4) is 0 Å². The van der Waals surface area contributed by atoms with Crippen molar-refractivity contribution in [3.05, 3.63) is 41.5 Å². The molecule has 0 aliphatic carbocycles. The Hall–Kier alpha value is -1.02. The second-order valence-electron chi connectivity index (χ2n) is 6.07. The van der Waals surface area contributed by atoms with Crippen molar-refractivity contribution in [3.8, 4) is 5.75 Å². The summed E-state index contributed by atoms with van der Waals surface area (Å²) in [6.07, 6.45) is 1.89. The standard InChI is InChI=1S/C15H24OSi/c1-12(11-17(3,4)5)9-10-14-8-6-7-13(2)15(14)16/h6-8,16H,1,9-11H2,2-5H3. The van der Waals surface area contributed by atoms with E-state index >= 15 is 0 Å². The lowest BCUT2D eigenvalue weighted by molar-refractivity contribution is 0.463. The monoisotopic (exact) mass is 248 g/mol. The Balaban J connectivity index is 2.56. The van der Waals surface area contributed by atoms with Crippen LogP contribution in [-0.4, -0.2) is 13.2 Å². The first-order chi connectivity index (χ1) is 7.79. The third-order valence-corrected chi connectivity index (χ3v) is 4.41. The number of phenolic OH excluding ortho intramolecular Hbond substituents is 1. The lowest BCUT2D eigenvalue weighted by Gasteiger charge is -2.17. The molecule has 0 bridgehead atoms. The molecule has 0 fully saturated rings. The highest BCUT2D eigenvalue weighted by molar-refractivity contribution is 6.76. The second kappa shape index (κ2) is 5.54. The average Bonchev–Trinajstić information content (AvgIpc) is 2.18. The minimum absolute atomic E-state index is 0.452. The van der Waals surface area contributed by atoms with Crippen LogP contribution in [0.2, 0.25) is 25.7 Å². The summed E-state index contributed by atoms with van der Waals surface area (Å²) in [7, 11) is -1.05. The van der Waals surface area contributed by atoms with Gasteiger partial charge in [-0.3, -0.25) is 0 Å². The van der Waals surface area contributed by atoms with Gasteiger partial charge in [0.25, 0.3) is 0 Å². The Kier molecular flexibility index (Phi) is 4.58. The topological polar surface area (TPSA) is 20.2 Å². The lowest BCUT2D eigenvalue weighted by atomic mass is 10.0. The summed E-state index contributed by atoms with van der Waals surface area (Å²) >= 11 is 0. The van der Waals surface area contributed by atoms with E-state index in [1.807, 2.05) is 25.1 Å². The third-order valence-electron chi connectivity index (χ3n) is 2.85. The Morgan fingerprint density at radius 2 is 1.94 bits per heavy atom. The smallest absolute Gasteiger partial charge is 0.121 e. The third kappa shape index (κ3) is 4.78. The van der Waals surface area contributed by atoms with Gasteiger partial charge in [-0.2, -0.15) is 0 Å². The van der Waals surface area contributed by atoms with Gasteiger partial charge in [-0.05, 0) is 36.9 Å². The largest absolute Gasteiger partial charge is 0.507 e. The first-order valence-corrected chi connectivity index (χ1v) is 9.94. The van der Waals surface area contributed by atoms with Crippen molar-refractivity contribution in [1.29, 1.82) is 0 Å². The van der Waals surface area contributed by atoms with E-state index in [0.29, 0.717) is 5.75 Å². The Bertz CT molecular complexity index is 402. The highest BCUT2D eigenvalue weighted by Gasteiger charge is 2.14. The highest BCUT2D eigenvalue weighted by atomic mass is 28.3. The Morgan fingerprint density at radius 3 is 2.53 bits per heavy atom. The van der Waals surface area contributed by atoms with Gasteiger partial charge in [0.05, 0.1) is 0 Å². The summed E-state index contributed by atoms with van der Waals surface area (Å²) in [5, 5.41) is 9.92. The minimum Gasteiger partial charge on any atom is -0.507 e. The van der Waals surface area contributed by atoms with Crippen LogP contribution in [0.15, 0.2) is 30.4 Å². The number of benzene rings is 1. The van der Waals surface area contributed by atoms with Gasteiger partial charge in [0.2, 0.25) is 0 Å². The van der Waals surface area contributed by atoms with Crippen molar-refractivity contribution in [2.24, 2.45) is 0 Å². The van der Waals surface area contributed by atoms with Crippen molar-refractivity contribution >= 4 is 8.07 Å². The lowest BCUT2D eigenvalue weighted by Crippen LogP contribution is -2.19. The zero-order valence-corrected chi connectivity index (χ0v) is 12.5. The number of hydrogen-bond donors (Lipinski definition) is 1. The molecule has 0 aromatic heterocycles. The first kappa shape index (κ1) is 14.0. The molecule has 0 aliphatic rings. The summed E-state index contributed by atoms with van der Waals surface area (Å²) in [4.78, 5) is 0. The molecule has 1 nitrogen and oxygen atoms in total. The fourth-order valence-corrected chi connectivity index (χ4v) is 3.75. The van der Waals surface area contributed by atoms with Crippen LogP contribution in [0.25, 0.3) is 0 Å². The molecule has 0 atom stereocenters. The van der Waals surface area contributed by atoms with E-state index in [9.17, 15) is 5.11 Å². The average molecular weight is 248 g/mol. The van der Waals surface area contributed by atoms with Gasteiger partial charge in [-0.1, -0.05) is 43.4 Å². The maximum absolute atomic E-state index is 9.92. The fraction of sp³-hybridized carbons (Fsp3) is 0.467. The van der Waals surface area contributed by atoms with Crippen molar-refractivity contribution < 1.29 is 5.11 Å². The van der Waals surface area contributed by atoms with Gasteiger partial charge in [-0.25, -0.2) is 0 Å². The van der Waals surface area contributed by atoms with Crippen molar-refractivity contribution in [3.63, 3.8) is 0 Å². The van der Waals surface area contributed by atoms with Crippen LogP contribution in [0.1, 0.15) is 17.5 Å². The van der Waals surface area contributed by atoms with Crippen LogP contribution < -0.4 is 0 Å². The predicted molar refractivity (Wildman–Crippen MR) is 78.5 cm³/mol. The molecule has 0 heterocycles. The molecule has 2 heteroatoms. The molecule has 0 amide bonds. The molecule has 1 N–H and O–H groups in total. The quantitative estimate of drug-likeness (QED) is 0.599. The van der Waals surface area contributed by atoms with Gasteiger partial charge < -0.3 is 5.11 Å². The summed E-state index contributed by atoms with van der Waals surface area (Å²) in [6.45, 7) is 13.2. The maximum Gasteiger partial charge on any atom is 0.121 e. The van der Waals surface area contributed by atoms with Crippen molar-refractivity contribution in [2.45, 2.75) is 45.5 Å². The van der Waals surface area contributed by atoms with E-state index in [4.69, 9.17) is 0 Å². The molecule has 1 rings (SSSR count). The number of rotatable bonds is 5. The zero-order valence-electron chi connectivity index (χ0n) is 11.5. The SMILES string of the molecule is C=C(CCc1cccc(C)c1O)C[Si](C)(C)C.